The van der Waals surface area contributed by atoms with Crippen LogP contribution in [-0.4, -0.2) is 9.55 Å². The summed E-state index contributed by atoms with van der Waals surface area (Å²) in [4.78, 5) is 4.45. The van der Waals surface area contributed by atoms with Crippen LogP contribution in [0.4, 0.5) is 5.95 Å². The molecule has 0 amide bonds. The highest BCUT2D eigenvalue weighted by Crippen LogP contribution is 2.29. The summed E-state index contributed by atoms with van der Waals surface area (Å²) in [6, 6.07) is 6.68. The SMILES string of the molecule is Cc1c(-c2ccc3c(c2)CCC3)nc(N)n1C. The molecular weight excluding hydrogens is 210 g/mol. The van der Waals surface area contributed by atoms with E-state index >= 15 is 0 Å². The zero-order valence-electron chi connectivity index (χ0n) is 10.3. The van der Waals surface area contributed by atoms with E-state index in [0.717, 1.165) is 11.4 Å². The molecule has 0 atom stereocenters. The number of nitrogens with zero attached hydrogens (tertiary/aromatic N) is 2. The summed E-state index contributed by atoms with van der Waals surface area (Å²) < 4.78 is 1.93. The fraction of sp³-hybridized carbons (Fsp3) is 0.357. The minimum Gasteiger partial charge on any atom is -0.369 e. The van der Waals surface area contributed by atoms with E-state index in [2.05, 4.69) is 30.1 Å². The molecule has 0 unspecified atom stereocenters. The van der Waals surface area contributed by atoms with Gasteiger partial charge in [-0.1, -0.05) is 12.1 Å². The van der Waals surface area contributed by atoms with Crippen molar-refractivity contribution in [2.75, 3.05) is 5.73 Å². The Morgan fingerprint density at radius 2 is 2.00 bits per heavy atom. The van der Waals surface area contributed by atoms with Crippen molar-refractivity contribution >= 4 is 5.95 Å². The predicted molar refractivity (Wildman–Crippen MR) is 69.8 cm³/mol. The first-order chi connectivity index (χ1) is 8.16. The number of hydrogen-bond donors (Lipinski definition) is 1. The highest BCUT2D eigenvalue weighted by Gasteiger charge is 2.15. The van der Waals surface area contributed by atoms with Gasteiger partial charge >= 0.3 is 0 Å². The molecule has 3 heteroatoms. The van der Waals surface area contributed by atoms with Gasteiger partial charge in [0.25, 0.3) is 0 Å². The zero-order valence-corrected chi connectivity index (χ0v) is 10.3. The van der Waals surface area contributed by atoms with E-state index in [9.17, 15) is 0 Å². The van der Waals surface area contributed by atoms with Gasteiger partial charge in [0.15, 0.2) is 0 Å². The monoisotopic (exact) mass is 227 g/mol. The van der Waals surface area contributed by atoms with Gasteiger partial charge in [-0.05, 0) is 43.4 Å². The van der Waals surface area contributed by atoms with Gasteiger partial charge in [-0.3, -0.25) is 0 Å². The van der Waals surface area contributed by atoms with Crippen molar-refractivity contribution in [3.8, 4) is 11.3 Å². The molecule has 1 aromatic heterocycles. The fourth-order valence-corrected chi connectivity index (χ4v) is 2.59. The molecule has 2 N–H and O–H groups in total. The molecule has 0 spiro atoms. The second-order valence-corrected chi connectivity index (χ2v) is 4.80. The largest absolute Gasteiger partial charge is 0.369 e. The molecule has 0 radical (unpaired) electrons. The molecule has 88 valence electrons. The molecule has 3 nitrogen and oxygen atoms in total. The number of fused-ring (bicyclic) bond motifs is 1. The minimum absolute atomic E-state index is 0.581. The molecule has 1 aliphatic rings. The lowest BCUT2D eigenvalue weighted by atomic mass is 10.0. The van der Waals surface area contributed by atoms with Crippen molar-refractivity contribution in [3.63, 3.8) is 0 Å². The standard InChI is InChI=1S/C14H17N3/c1-9-13(16-14(15)17(9)2)12-7-6-10-4-3-5-11(10)8-12/h6-8H,3-5H2,1-2H3,(H2,15,16). The van der Waals surface area contributed by atoms with Gasteiger partial charge in [-0.2, -0.15) is 0 Å². The number of imidazole rings is 1. The summed E-state index contributed by atoms with van der Waals surface area (Å²) in [7, 11) is 1.95. The van der Waals surface area contributed by atoms with E-state index in [0.29, 0.717) is 5.95 Å². The Morgan fingerprint density at radius 1 is 1.24 bits per heavy atom. The Kier molecular flexibility index (Phi) is 2.21. The van der Waals surface area contributed by atoms with Crippen LogP contribution in [0.15, 0.2) is 18.2 Å². The van der Waals surface area contributed by atoms with Crippen LogP contribution >= 0.6 is 0 Å². The van der Waals surface area contributed by atoms with Gasteiger partial charge in [-0.15, -0.1) is 0 Å². The molecule has 1 heterocycles. The maximum Gasteiger partial charge on any atom is 0.200 e. The fourth-order valence-electron chi connectivity index (χ4n) is 2.59. The van der Waals surface area contributed by atoms with E-state index in [4.69, 9.17) is 5.73 Å². The van der Waals surface area contributed by atoms with Gasteiger partial charge in [0.05, 0.1) is 5.69 Å². The molecular formula is C14H17N3. The number of rotatable bonds is 1. The Balaban J connectivity index is 2.12. The van der Waals surface area contributed by atoms with Crippen molar-refractivity contribution in [3.05, 3.63) is 35.0 Å². The lowest BCUT2D eigenvalue weighted by molar-refractivity contribution is 0.889. The van der Waals surface area contributed by atoms with E-state index in [1.165, 1.54) is 36.0 Å². The number of benzene rings is 1. The molecule has 0 aliphatic heterocycles. The zero-order chi connectivity index (χ0) is 12.0. The third kappa shape index (κ3) is 1.54. The van der Waals surface area contributed by atoms with Crippen LogP contribution in [0.2, 0.25) is 0 Å². The van der Waals surface area contributed by atoms with E-state index in [1.54, 1.807) is 0 Å². The van der Waals surface area contributed by atoms with Crippen molar-refractivity contribution in [2.24, 2.45) is 7.05 Å². The first-order valence-corrected chi connectivity index (χ1v) is 6.08. The Labute approximate surface area is 101 Å². The topological polar surface area (TPSA) is 43.8 Å². The Bertz CT molecular complexity index is 581. The van der Waals surface area contributed by atoms with E-state index in [-0.39, 0.29) is 0 Å². The average molecular weight is 227 g/mol. The van der Waals surface area contributed by atoms with Gasteiger partial charge in [0, 0.05) is 18.3 Å². The van der Waals surface area contributed by atoms with Crippen LogP contribution in [0.25, 0.3) is 11.3 Å². The summed E-state index contributed by atoms with van der Waals surface area (Å²) in [5.74, 6) is 0.581. The van der Waals surface area contributed by atoms with Crippen molar-refractivity contribution < 1.29 is 0 Å². The van der Waals surface area contributed by atoms with Gasteiger partial charge in [0.2, 0.25) is 5.95 Å². The second-order valence-electron chi connectivity index (χ2n) is 4.80. The molecule has 0 saturated carbocycles. The number of nitrogens with two attached hydrogens (primary N) is 1. The summed E-state index contributed by atoms with van der Waals surface area (Å²) in [6.07, 6.45) is 3.70. The number of hydrogen-bond acceptors (Lipinski definition) is 2. The lowest BCUT2D eigenvalue weighted by Crippen LogP contribution is -1.97. The molecule has 17 heavy (non-hydrogen) atoms. The maximum absolute atomic E-state index is 5.84. The third-order valence-corrected chi connectivity index (χ3v) is 3.79. The summed E-state index contributed by atoms with van der Waals surface area (Å²) >= 11 is 0. The number of nitrogen functional groups attached to an aromatic ring is 1. The normalized spacial score (nSPS) is 14.0. The summed E-state index contributed by atoms with van der Waals surface area (Å²) in [6.45, 7) is 2.06. The van der Waals surface area contributed by atoms with Crippen molar-refractivity contribution in [1.82, 2.24) is 9.55 Å². The van der Waals surface area contributed by atoms with Crippen LogP contribution in [0.5, 0.6) is 0 Å². The van der Waals surface area contributed by atoms with E-state index in [1.807, 2.05) is 11.6 Å². The summed E-state index contributed by atoms with van der Waals surface area (Å²) in [5.41, 5.74) is 12.1. The molecule has 0 bridgehead atoms. The first kappa shape index (κ1) is 10.4. The Morgan fingerprint density at radius 3 is 2.71 bits per heavy atom. The molecule has 1 aliphatic carbocycles. The molecule has 1 aromatic carbocycles. The van der Waals surface area contributed by atoms with Crippen LogP contribution in [0, 0.1) is 6.92 Å². The van der Waals surface area contributed by atoms with E-state index < -0.39 is 0 Å². The Hall–Kier alpha value is -1.77. The van der Waals surface area contributed by atoms with Gasteiger partial charge in [-0.25, -0.2) is 4.98 Å². The average Bonchev–Trinajstić information content (AvgIpc) is 2.89. The van der Waals surface area contributed by atoms with Crippen LogP contribution in [-0.2, 0) is 19.9 Å². The van der Waals surface area contributed by atoms with Crippen molar-refractivity contribution in [1.29, 1.82) is 0 Å². The van der Waals surface area contributed by atoms with Crippen molar-refractivity contribution in [2.45, 2.75) is 26.2 Å². The molecule has 0 fully saturated rings. The first-order valence-electron chi connectivity index (χ1n) is 6.08. The van der Waals surface area contributed by atoms with Gasteiger partial charge < -0.3 is 10.3 Å². The smallest absolute Gasteiger partial charge is 0.200 e. The molecule has 0 saturated heterocycles. The van der Waals surface area contributed by atoms with Gasteiger partial charge in [0.1, 0.15) is 0 Å². The molecule has 2 aromatic rings. The number of anilines is 1. The van der Waals surface area contributed by atoms with Crippen LogP contribution in [0.3, 0.4) is 0 Å². The van der Waals surface area contributed by atoms with Crippen LogP contribution in [0.1, 0.15) is 23.2 Å². The minimum atomic E-state index is 0.581. The third-order valence-electron chi connectivity index (χ3n) is 3.79. The highest BCUT2D eigenvalue weighted by atomic mass is 15.1. The number of aryl methyl sites for hydroxylation is 2. The maximum atomic E-state index is 5.84. The predicted octanol–water partition coefficient (Wildman–Crippen LogP) is 2.47. The summed E-state index contributed by atoms with van der Waals surface area (Å²) in [5, 5.41) is 0. The number of aromatic nitrogens is 2. The second kappa shape index (κ2) is 3.62. The molecule has 3 rings (SSSR count). The lowest BCUT2D eigenvalue weighted by Gasteiger charge is -2.04. The quantitative estimate of drug-likeness (QED) is 0.813. The van der Waals surface area contributed by atoms with Crippen LogP contribution < -0.4 is 5.73 Å². The highest BCUT2D eigenvalue weighted by molar-refractivity contribution is 5.65.